The molecule has 2 aromatic rings. The van der Waals surface area contributed by atoms with Crippen molar-refractivity contribution in [2.24, 2.45) is 0 Å². The number of halogens is 4. The molecule has 35 heavy (non-hydrogen) atoms. The van der Waals surface area contributed by atoms with Gasteiger partial charge in [-0.15, -0.1) is 0 Å². The van der Waals surface area contributed by atoms with E-state index in [1.165, 1.54) is 26.2 Å². The van der Waals surface area contributed by atoms with Crippen molar-refractivity contribution < 1.29 is 36.6 Å². The molecule has 2 N–H and O–H groups in total. The van der Waals surface area contributed by atoms with Crippen LogP contribution in [0.15, 0.2) is 18.2 Å². The van der Waals surface area contributed by atoms with E-state index in [9.17, 15) is 18.0 Å². The molecule has 1 aliphatic carbocycles. The molecule has 2 aliphatic rings. The first-order valence-corrected chi connectivity index (χ1v) is 11.1. The van der Waals surface area contributed by atoms with E-state index >= 15 is 4.39 Å². The predicted molar refractivity (Wildman–Crippen MR) is 116 cm³/mol. The van der Waals surface area contributed by atoms with E-state index in [0.717, 1.165) is 18.9 Å². The Morgan fingerprint density at radius 2 is 1.83 bits per heavy atom. The van der Waals surface area contributed by atoms with Crippen LogP contribution >= 0.6 is 0 Å². The topological polar surface area (TPSA) is 94.6 Å². The van der Waals surface area contributed by atoms with Crippen LogP contribution in [0, 0.1) is 5.82 Å². The first kappa shape index (κ1) is 25.1. The van der Waals surface area contributed by atoms with Crippen LogP contribution in [0.5, 0.6) is 6.01 Å². The van der Waals surface area contributed by atoms with E-state index in [1.807, 2.05) is 0 Å². The maximum Gasteiger partial charge on any atom is 0.318 e. The van der Waals surface area contributed by atoms with Crippen molar-refractivity contribution in [1.82, 2.24) is 15.3 Å². The number of carbonyl (C=O) groups excluding carboxylic acids is 1. The number of carbonyl (C=O) groups is 1. The fourth-order valence-electron chi connectivity index (χ4n) is 3.77. The Kier molecular flexibility index (Phi) is 7.13. The minimum Gasteiger partial charge on any atom is -0.467 e. The highest BCUT2D eigenvalue weighted by molar-refractivity contribution is 5.83. The van der Waals surface area contributed by atoms with Gasteiger partial charge in [0.15, 0.2) is 6.29 Å². The number of anilines is 1. The van der Waals surface area contributed by atoms with Crippen molar-refractivity contribution in [3.8, 4) is 6.01 Å². The summed E-state index contributed by atoms with van der Waals surface area (Å²) in [5.41, 5.74) is -1.60. The van der Waals surface area contributed by atoms with Crippen LogP contribution in [0.25, 0.3) is 0 Å². The molecular weight excluding hydrogens is 472 g/mol. The number of alkyl halides is 3. The fraction of sp³-hybridized carbons (Fsp3) is 0.522. The number of benzene rings is 1. The maximum atomic E-state index is 15.5. The zero-order valence-electron chi connectivity index (χ0n) is 19.4. The van der Waals surface area contributed by atoms with Gasteiger partial charge in [0.05, 0.1) is 37.5 Å². The van der Waals surface area contributed by atoms with E-state index in [2.05, 4.69) is 20.6 Å². The van der Waals surface area contributed by atoms with Gasteiger partial charge in [-0.3, -0.25) is 4.79 Å². The molecule has 1 aromatic carbocycles. The zero-order chi connectivity index (χ0) is 25.3. The van der Waals surface area contributed by atoms with Crippen molar-refractivity contribution in [1.29, 1.82) is 0 Å². The van der Waals surface area contributed by atoms with Crippen molar-refractivity contribution in [3.63, 3.8) is 0 Å². The number of methoxy groups -OCH3 is 1. The highest BCUT2D eigenvalue weighted by atomic mass is 19.3. The zero-order valence-corrected chi connectivity index (χ0v) is 19.4. The van der Waals surface area contributed by atoms with Gasteiger partial charge in [0, 0.05) is 11.1 Å². The molecule has 1 aromatic heterocycles. The SMILES string of the molecule is COc1nc(N[C@H](C)c2cccc(C(F)F)c2F)c(C2OCCO2)c(C(F)C(=O)NC2(C)CC2)n1. The summed E-state index contributed by atoms with van der Waals surface area (Å²) in [4.78, 5) is 20.9. The van der Waals surface area contributed by atoms with Gasteiger partial charge in [0.25, 0.3) is 12.3 Å². The van der Waals surface area contributed by atoms with Gasteiger partial charge < -0.3 is 24.8 Å². The van der Waals surface area contributed by atoms with Gasteiger partial charge in [0.1, 0.15) is 17.3 Å². The largest absolute Gasteiger partial charge is 0.467 e. The minimum atomic E-state index is -3.00. The summed E-state index contributed by atoms with van der Waals surface area (Å²) in [7, 11) is 1.26. The van der Waals surface area contributed by atoms with Gasteiger partial charge in [-0.1, -0.05) is 18.2 Å². The third kappa shape index (κ3) is 5.32. The molecule has 1 amide bonds. The lowest BCUT2D eigenvalue weighted by Crippen LogP contribution is -2.37. The van der Waals surface area contributed by atoms with E-state index in [4.69, 9.17) is 14.2 Å². The molecule has 8 nitrogen and oxygen atoms in total. The van der Waals surface area contributed by atoms with Gasteiger partial charge >= 0.3 is 6.01 Å². The van der Waals surface area contributed by atoms with Crippen molar-refractivity contribution >= 4 is 11.7 Å². The maximum absolute atomic E-state index is 15.5. The van der Waals surface area contributed by atoms with Gasteiger partial charge in [-0.2, -0.15) is 9.97 Å². The average Bonchev–Trinajstić information content (AvgIpc) is 3.30. The lowest BCUT2D eigenvalue weighted by Gasteiger charge is -2.24. The molecule has 2 fully saturated rings. The summed E-state index contributed by atoms with van der Waals surface area (Å²) in [6.45, 7) is 3.74. The molecular formula is C23H26F4N4O4. The minimum absolute atomic E-state index is 0.00386. The normalized spacial score (nSPS) is 18.9. The molecule has 1 saturated carbocycles. The standard InChI is InChI=1S/C23H26F4N4O4/c1-11(12-5-4-6-13(15(12)24)18(26)27)28-19-14(21-34-9-10-35-21)17(29-22(30-19)33-3)16(25)20(32)31-23(2)7-8-23/h4-6,11,16,18,21H,7-10H2,1-3H3,(H,31,32)(H,28,29,30)/t11-,16?/m1/s1. The second-order valence-corrected chi connectivity index (χ2v) is 8.76. The number of nitrogens with zero attached hydrogens (tertiary/aromatic N) is 2. The molecule has 1 aliphatic heterocycles. The molecule has 4 rings (SSSR count). The lowest BCUT2D eigenvalue weighted by atomic mass is 10.0. The van der Waals surface area contributed by atoms with Gasteiger partial charge in [-0.05, 0) is 26.7 Å². The van der Waals surface area contributed by atoms with Crippen LogP contribution in [-0.4, -0.2) is 41.7 Å². The molecule has 0 radical (unpaired) electrons. The van der Waals surface area contributed by atoms with Gasteiger partial charge in [-0.25, -0.2) is 17.6 Å². The van der Waals surface area contributed by atoms with Crippen LogP contribution in [0.1, 0.15) is 74.0 Å². The number of aromatic nitrogens is 2. The summed E-state index contributed by atoms with van der Waals surface area (Å²) >= 11 is 0. The number of ether oxygens (including phenoxy) is 3. The van der Waals surface area contributed by atoms with E-state index in [1.54, 1.807) is 6.92 Å². The highest BCUT2D eigenvalue weighted by Crippen LogP contribution is 2.40. The van der Waals surface area contributed by atoms with Crippen LogP contribution in [-0.2, 0) is 14.3 Å². The summed E-state index contributed by atoms with van der Waals surface area (Å²) in [5, 5.41) is 5.56. The Morgan fingerprint density at radius 1 is 1.17 bits per heavy atom. The molecule has 1 saturated heterocycles. The lowest BCUT2D eigenvalue weighted by molar-refractivity contribution is -0.127. The van der Waals surface area contributed by atoms with E-state index in [-0.39, 0.29) is 41.9 Å². The summed E-state index contributed by atoms with van der Waals surface area (Å²) in [5.74, 6) is -2.00. The first-order valence-electron chi connectivity index (χ1n) is 11.1. The Morgan fingerprint density at radius 3 is 2.43 bits per heavy atom. The van der Waals surface area contributed by atoms with Crippen LogP contribution in [0.4, 0.5) is 23.4 Å². The molecule has 190 valence electrons. The number of amides is 1. The Bertz CT molecular complexity index is 1090. The van der Waals surface area contributed by atoms with E-state index in [0.29, 0.717) is 0 Å². The molecule has 2 atom stereocenters. The molecule has 0 spiro atoms. The Balaban J connectivity index is 1.74. The first-order chi connectivity index (χ1) is 16.6. The molecule has 1 unspecified atom stereocenters. The summed E-state index contributed by atoms with van der Waals surface area (Å²) in [6, 6.07) is 2.52. The van der Waals surface area contributed by atoms with Crippen molar-refractivity contribution in [3.05, 3.63) is 46.4 Å². The predicted octanol–water partition coefficient (Wildman–Crippen LogP) is 4.46. The molecule has 0 bridgehead atoms. The Hall–Kier alpha value is -2.99. The number of nitrogens with one attached hydrogen (secondary N) is 2. The smallest absolute Gasteiger partial charge is 0.318 e. The van der Waals surface area contributed by atoms with Gasteiger partial charge in [0.2, 0.25) is 6.17 Å². The van der Waals surface area contributed by atoms with Crippen molar-refractivity contribution in [2.75, 3.05) is 25.6 Å². The second kappa shape index (κ2) is 9.94. The van der Waals surface area contributed by atoms with Crippen LogP contribution < -0.4 is 15.4 Å². The number of rotatable bonds is 9. The third-order valence-electron chi connectivity index (χ3n) is 6.00. The third-order valence-corrected chi connectivity index (χ3v) is 6.00. The highest BCUT2D eigenvalue weighted by Gasteiger charge is 2.42. The number of hydrogen-bond donors (Lipinski definition) is 2. The van der Waals surface area contributed by atoms with E-state index < -0.39 is 47.8 Å². The quantitative estimate of drug-likeness (QED) is 0.493. The van der Waals surface area contributed by atoms with Crippen molar-refractivity contribution in [2.45, 2.75) is 57.2 Å². The van der Waals surface area contributed by atoms with Crippen LogP contribution in [0.3, 0.4) is 0 Å². The summed E-state index contributed by atoms with van der Waals surface area (Å²) < 4.78 is 72.9. The number of hydrogen-bond acceptors (Lipinski definition) is 7. The van der Waals surface area contributed by atoms with Crippen LogP contribution in [0.2, 0.25) is 0 Å². The molecule has 2 heterocycles. The average molecular weight is 498 g/mol. The summed E-state index contributed by atoms with van der Waals surface area (Å²) in [6.07, 6.45) is -4.85. The second-order valence-electron chi connectivity index (χ2n) is 8.76. The molecule has 12 heteroatoms. The Labute approximate surface area is 199 Å². The monoisotopic (exact) mass is 498 g/mol. The fourth-order valence-corrected chi connectivity index (χ4v) is 3.77.